The molecule has 2 aliphatic rings. The molecule has 9 heteroatoms. The fourth-order valence-electron chi connectivity index (χ4n) is 3.19. The van der Waals surface area contributed by atoms with Crippen LogP contribution in [0.2, 0.25) is 0 Å². The van der Waals surface area contributed by atoms with Gasteiger partial charge in [-0.3, -0.25) is 14.5 Å². The van der Waals surface area contributed by atoms with Gasteiger partial charge in [0.05, 0.1) is 6.10 Å². The van der Waals surface area contributed by atoms with E-state index >= 15 is 0 Å². The van der Waals surface area contributed by atoms with Gasteiger partial charge in [-0.2, -0.15) is 0 Å². The number of hydrogen-bond acceptors (Lipinski definition) is 5. The van der Waals surface area contributed by atoms with E-state index in [1.165, 1.54) is 31.2 Å². The summed E-state index contributed by atoms with van der Waals surface area (Å²) in [4.78, 5) is 37.8. The molecule has 2 aliphatic heterocycles. The van der Waals surface area contributed by atoms with E-state index in [1.54, 1.807) is 0 Å². The average molecular weight is 364 g/mol. The zero-order valence-corrected chi connectivity index (χ0v) is 14.3. The van der Waals surface area contributed by atoms with Gasteiger partial charge in [0.1, 0.15) is 17.9 Å². The molecular formula is C17H21FN4O4. The zero-order valence-electron chi connectivity index (χ0n) is 14.3. The van der Waals surface area contributed by atoms with Crippen molar-refractivity contribution in [3.05, 3.63) is 35.6 Å². The number of amides is 4. The van der Waals surface area contributed by atoms with Crippen LogP contribution in [0.3, 0.4) is 0 Å². The molecule has 1 aromatic rings. The van der Waals surface area contributed by atoms with E-state index in [0.29, 0.717) is 18.7 Å². The lowest BCUT2D eigenvalue weighted by molar-refractivity contribution is -0.134. The minimum absolute atomic E-state index is 0.105. The average Bonchev–Trinajstić information content (AvgIpc) is 3.10. The fourth-order valence-corrected chi connectivity index (χ4v) is 3.19. The Kier molecular flexibility index (Phi) is 4.92. The number of rotatable bonds is 5. The Bertz CT molecular complexity index is 726. The maximum absolute atomic E-state index is 13.1. The van der Waals surface area contributed by atoms with E-state index < -0.39 is 41.9 Å². The first-order valence-electron chi connectivity index (χ1n) is 8.37. The number of imide groups is 1. The number of hydrogen-bond donors (Lipinski definition) is 4. The van der Waals surface area contributed by atoms with E-state index in [9.17, 15) is 23.9 Å². The third-order valence-corrected chi connectivity index (χ3v) is 4.86. The molecule has 0 aliphatic carbocycles. The van der Waals surface area contributed by atoms with Crippen molar-refractivity contribution in [2.75, 3.05) is 26.2 Å². The number of nitrogens with zero attached hydrogens (tertiary/aromatic N) is 1. The third-order valence-electron chi connectivity index (χ3n) is 4.86. The molecule has 8 nitrogen and oxygen atoms in total. The Morgan fingerprint density at radius 3 is 2.65 bits per heavy atom. The summed E-state index contributed by atoms with van der Waals surface area (Å²) in [6.07, 6.45) is -0.534. The summed E-state index contributed by atoms with van der Waals surface area (Å²) < 4.78 is 13.1. The molecule has 4 amide bonds. The smallest absolute Gasteiger partial charge is 0.325 e. The second-order valence-corrected chi connectivity index (χ2v) is 6.74. The van der Waals surface area contributed by atoms with Crippen LogP contribution in [0.5, 0.6) is 0 Å². The number of benzene rings is 1. The predicted molar refractivity (Wildman–Crippen MR) is 89.4 cm³/mol. The first kappa shape index (κ1) is 18.3. The monoisotopic (exact) mass is 364 g/mol. The van der Waals surface area contributed by atoms with E-state index in [1.807, 2.05) is 0 Å². The molecule has 4 N–H and O–H groups in total. The van der Waals surface area contributed by atoms with E-state index in [4.69, 9.17) is 0 Å². The molecule has 3 rings (SSSR count). The van der Waals surface area contributed by atoms with Gasteiger partial charge in [-0.05, 0) is 24.6 Å². The van der Waals surface area contributed by atoms with Gasteiger partial charge in [-0.15, -0.1) is 0 Å². The van der Waals surface area contributed by atoms with Gasteiger partial charge >= 0.3 is 6.03 Å². The first-order chi connectivity index (χ1) is 12.3. The Labute approximate surface area is 149 Å². The van der Waals surface area contributed by atoms with Crippen LogP contribution in [-0.2, 0) is 15.1 Å². The highest BCUT2D eigenvalue weighted by molar-refractivity contribution is 6.09. The van der Waals surface area contributed by atoms with Crippen LogP contribution in [-0.4, -0.2) is 60.1 Å². The lowest BCUT2D eigenvalue weighted by Gasteiger charge is -2.22. The predicted octanol–water partition coefficient (Wildman–Crippen LogP) is -0.711. The van der Waals surface area contributed by atoms with Crippen molar-refractivity contribution in [3.63, 3.8) is 0 Å². The number of urea groups is 1. The van der Waals surface area contributed by atoms with Crippen molar-refractivity contribution in [2.45, 2.75) is 18.6 Å². The standard InChI is InChI=1S/C17H21FN4O4/c1-17(11-2-4-12(18)5-3-11)15(25)22(16(26)21-17)9-14(24)20-7-10-6-19-8-13(10)23/h2-5,10,13,19,23H,6-9H2,1H3,(H,20,24)(H,21,26). The minimum atomic E-state index is -1.35. The van der Waals surface area contributed by atoms with Crippen molar-refractivity contribution in [1.29, 1.82) is 0 Å². The molecule has 2 saturated heterocycles. The quantitative estimate of drug-likeness (QED) is 0.516. The van der Waals surface area contributed by atoms with Gasteiger partial charge in [0.2, 0.25) is 5.91 Å². The summed E-state index contributed by atoms with van der Waals surface area (Å²) in [6.45, 7) is 2.42. The molecule has 0 aromatic heterocycles. The van der Waals surface area contributed by atoms with E-state index in [2.05, 4.69) is 16.0 Å². The molecule has 0 radical (unpaired) electrons. The van der Waals surface area contributed by atoms with Crippen LogP contribution in [0.25, 0.3) is 0 Å². The molecule has 3 unspecified atom stereocenters. The molecule has 26 heavy (non-hydrogen) atoms. The normalized spacial score (nSPS) is 28.3. The maximum atomic E-state index is 13.1. The van der Waals surface area contributed by atoms with Crippen molar-refractivity contribution >= 4 is 17.8 Å². The molecule has 0 bridgehead atoms. The Balaban J connectivity index is 1.63. The zero-order chi connectivity index (χ0) is 18.9. The molecule has 0 saturated carbocycles. The number of carbonyl (C=O) groups excluding carboxylic acids is 3. The summed E-state index contributed by atoms with van der Waals surface area (Å²) in [6, 6.07) is 4.57. The second kappa shape index (κ2) is 7.00. The van der Waals surface area contributed by atoms with Crippen LogP contribution in [0, 0.1) is 11.7 Å². The molecular weight excluding hydrogens is 343 g/mol. The van der Waals surface area contributed by atoms with Gasteiger partial charge < -0.3 is 21.1 Å². The Morgan fingerprint density at radius 1 is 1.35 bits per heavy atom. The highest BCUT2D eigenvalue weighted by Crippen LogP contribution is 2.28. The summed E-state index contributed by atoms with van der Waals surface area (Å²) >= 11 is 0. The van der Waals surface area contributed by atoms with Gasteiger partial charge in [-0.1, -0.05) is 12.1 Å². The van der Waals surface area contributed by atoms with Gasteiger partial charge in [-0.25, -0.2) is 9.18 Å². The summed E-state index contributed by atoms with van der Waals surface area (Å²) in [5.41, 5.74) is -0.920. The van der Waals surface area contributed by atoms with Crippen molar-refractivity contribution in [3.8, 4) is 0 Å². The van der Waals surface area contributed by atoms with Crippen LogP contribution in [0.4, 0.5) is 9.18 Å². The van der Waals surface area contributed by atoms with Crippen molar-refractivity contribution in [2.24, 2.45) is 5.92 Å². The van der Waals surface area contributed by atoms with Gasteiger partial charge in [0, 0.05) is 25.6 Å². The summed E-state index contributed by atoms with van der Waals surface area (Å²) in [5, 5.41) is 17.9. The second-order valence-electron chi connectivity index (χ2n) is 6.74. The lowest BCUT2D eigenvalue weighted by Crippen LogP contribution is -2.44. The lowest BCUT2D eigenvalue weighted by atomic mass is 9.92. The third kappa shape index (κ3) is 3.40. The molecule has 0 spiro atoms. The van der Waals surface area contributed by atoms with Gasteiger partial charge in [0.25, 0.3) is 5.91 Å². The topological polar surface area (TPSA) is 111 Å². The Morgan fingerprint density at radius 2 is 2.04 bits per heavy atom. The van der Waals surface area contributed by atoms with Crippen molar-refractivity contribution < 1.29 is 23.9 Å². The number of β-amino-alcohol motifs (C(OH)–C–C–N with tert-alkyl or cyclic N) is 1. The van der Waals surface area contributed by atoms with E-state index in [-0.39, 0.29) is 12.5 Å². The molecule has 1 aromatic carbocycles. The number of aliphatic hydroxyl groups excluding tert-OH is 1. The SMILES string of the molecule is CC1(c2ccc(F)cc2)NC(=O)N(CC(=O)NCC2CNCC2O)C1=O. The van der Waals surface area contributed by atoms with Crippen LogP contribution < -0.4 is 16.0 Å². The highest BCUT2D eigenvalue weighted by Gasteiger charge is 2.49. The number of halogens is 1. The first-order valence-corrected chi connectivity index (χ1v) is 8.37. The number of carbonyl (C=O) groups is 3. The number of nitrogens with one attached hydrogen (secondary N) is 3. The largest absolute Gasteiger partial charge is 0.391 e. The minimum Gasteiger partial charge on any atom is -0.391 e. The van der Waals surface area contributed by atoms with E-state index in [0.717, 1.165) is 4.90 Å². The maximum Gasteiger partial charge on any atom is 0.325 e. The molecule has 140 valence electrons. The highest BCUT2D eigenvalue weighted by atomic mass is 19.1. The summed E-state index contributed by atoms with van der Waals surface area (Å²) in [7, 11) is 0. The molecule has 2 fully saturated rings. The van der Waals surface area contributed by atoms with Crippen LogP contribution >= 0.6 is 0 Å². The van der Waals surface area contributed by atoms with Gasteiger partial charge in [0.15, 0.2) is 0 Å². The molecule has 2 heterocycles. The molecule has 3 atom stereocenters. The summed E-state index contributed by atoms with van der Waals surface area (Å²) in [5.74, 6) is -1.62. The number of aliphatic hydroxyl groups is 1. The Hall–Kier alpha value is -2.52. The van der Waals surface area contributed by atoms with Crippen molar-refractivity contribution in [1.82, 2.24) is 20.9 Å². The van der Waals surface area contributed by atoms with Crippen LogP contribution in [0.15, 0.2) is 24.3 Å². The fraction of sp³-hybridized carbons (Fsp3) is 0.471. The van der Waals surface area contributed by atoms with Crippen LogP contribution in [0.1, 0.15) is 12.5 Å².